The van der Waals surface area contributed by atoms with E-state index in [0.717, 1.165) is 6.42 Å². The van der Waals surface area contributed by atoms with Gasteiger partial charge in [-0.25, -0.2) is 0 Å². The fourth-order valence-electron chi connectivity index (χ4n) is 0.505. The first kappa shape index (κ1) is 8.25. The first-order chi connectivity index (χ1) is 3.72. The molecule has 2 atom stereocenters. The lowest BCUT2D eigenvalue weighted by atomic mass is 10.1. The normalized spacial score (nSPS) is 18.0. The molecule has 0 spiro atoms. The smallest absolute Gasteiger partial charge is 0.0574 e. The van der Waals surface area contributed by atoms with Crippen molar-refractivity contribution < 1.29 is 5.11 Å². The maximum absolute atomic E-state index is 9.04. The lowest BCUT2D eigenvalue weighted by Gasteiger charge is -2.12. The Kier molecular flexibility index (Phi) is 4.29. The Bertz CT molecular complexity index is 48.5. The number of alkyl halides is 1. The summed E-state index contributed by atoms with van der Waals surface area (Å²) in [6.45, 7) is 3.90. The van der Waals surface area contributed by atoms with Crippen molar-refractivity contribution in [2.24, 2.45) is 5.92 Å². The van der Waals surface area contributed by atoms with Gasteiger partial charge in [0.05, 0.1) is 6.10 Å². The topological polar surface area (TPSA) is 20.2 Å². The van der Waals surface area contributed by atoms with Crippen molar-refractivity contribution in [1.82, 2.24) is 0 Å². The van der Waals surface area contributed by atoms with Gasteiger partial charge in [0.25, 0.3) is 0 Å². The molecule has 0 aromatic rings. The van der Waals surface area contributed by atoms with Gasteiger partial charge in [-0.3, -0.25) is 0 Å². The molecule has 0 bridgehead atoms. The van der Waals surface area contributed by atoms with Crippen molar-refractivity contribution in [3.8, 4) is 0 Å². The minimum Gasteiger partial charge on any atom is -0.393 e. The lowest BCUT2D eigenvalue weighted by Crippen LogP contribution is -2.17. The number of aliphatic hydroxyl groups excluding tert-OH is 1. The summed E-state index contributed by atoms with van der Waals surface area (Å²) >= 11 is 5.47. The van der Waals surface area contributed by atoms with Gasteiger partial charge < -0.3 is 5.11 Å². The Balaban J connectivity index is 3.29. The molecule has 0 amide bonds. The molecule has 0 fully saturated rings. The Labute approximate surface area is 55.7 Å². The third kappa shape index (κ3) is 2.53. The second kappa shape index (κ2) is 4.16. The molecule has 1 nitrogen and oxygen atoms in total. The largest absolute Gasteiger partial charge is 0.393 e. The summed E-state index contributed by atoms with van der Waals surface area (Å²) in [5.41, 5.74) is 0. The van der Waals surface area contributed by atoms with Crippen LogP contribution in [0.3, 0.4) is 0 Å². The van der Waals surface area contributed by atoms with Crippen molar-refractivity contribution in [2.45, 2.75) is 26.4 Å². The lowest BCUT2D eigenvalue weighted by molar-refractivity contribution is 0.123. The van der Waals surface area contributed by atoms with Crippen LogP contribution in [0.15, 0.2) is 0 Å². The summed E-state index contributed by atoms with van der Waals surface area (Å²) in [5, 5.41) is 9.04. The molecule has 0 rings (SSSR count). The second-order valence-corrected chi connectivity index (χ2v) is 2.42. The van der Waals surface area contributed by atoms with Crippen molar-refractivity contribution in [3.63, 3.8) is 0 Å². The molecular formula is C6H13ClO. The van der Waals surface area contributed by atoms with Gasteiger partial charge in [0.15, 0.2) is 0 Å². The van der Waals surface area contributed by atoms with E-state index in [0.29, 0.717) is 5.88 Å². The number of rotatable bonds is 3. The fraction of sp³-hybridized carbons (Fsp3) is 1.00. The van der Waals surface area contributed by atoms with Gasteiger partial charge in [0, 0.05) is 5.88 Å². The highest BCUT2D eigenvalue weighted by atomic mass is 35.5. The molecule has 0 aliphatic rings. The van der Waals surface area contributed by atoms with Crippen LogP contribution in [0.25, 0.3) is 0 Å². The van der Waals surface area contributed by atoms with Gasteiger partial charge in [-0.05, 0) is 12.3 Å². The van der Waals surface area contributed by atoms with E-state index < -0.39 is 0 Å². The Morgan fingerprint density at radius 3 is 2.25 bits per heavy atom. The van der Waals surface area contributed by atoms with E-state index in [2.05, 4.69) is 0 Å². The highest BCUT2D eigenvalue weighted by Gasteiger charge is 2.08. The summed E-state index contributed by atoms with van der Waals surface area (Å²) in [5.74, 6) is 0.788. The van der Waals surface area contributed by atoms with Crippen LogP contribution >= 0.6 is 11.6 Å². The SMILES string of the molecule is CCC(O)C(C)CCl. The molecule has 8 heavy (non-hydrogen) atoms. The van der Waals surface area contributed by atoms with Crippen LogP contribution in [0.1, 0.15) is 20.3 Å². The third-order valence-electron chi connectivity index (χ3n) is 1.32. The number of hydrogen-bond acceptors (Lipinski definition) is 1. The molecule has 0 radical (unpaired) electrons. The standard InChI is InChI=1S/C6H13ClO/c1-3-6(8)5(2)4-7/h5-6,8H,3-4H2,1-2H3. The molecule has 2 unspecified atom stereocenters. The summed E-state index contributed by atoms with van der Waals surface area (Å²) in [7, 11) is 0. The van der Waals surface area contributed by atoms with Crippen molar-refractivity contribution >= 4 is 11.6 Å². The zero-order valence-electron chi connectivity index (χ0n) is 5.39. The molecule has 0 saturated carbocycles. The molecule has 50 valence electrons. The van der Waals surface area contributed by atoms with E-state index >= 15 is 0 Å². The van der Waals surface area contributed by atoms with Gasteiger partial charge in [0.2, 0.25) is 0 Å². The van der Waals surface area contributed by atoms with Crippen LogP contribution in [-0.2, 0) is 0 Å². The average molecular weight is 137 g/mol. The molecule has 0 aliphatic heterocycles. The minimum atomic E-state index is -0.215. The molecule has 0 heterocycles. The van der Waals surface area contributed by atoms with E-state index in [4.69, 9.17) is 16.7 Å². The molecule has 1 N–H and O–H groups in total. The van der Waals surface area contributed by atoms with E-state index in [9.17, 15) is 0 Å². The molecule has 0 aromatic carbocycles. The number of halogens is 1. The van der Waals surface area contributed by atoms with Crippen LogP contribution in [0, 0.1) is 5.92 Å². The molecule has 0 saturated heterocycles. The van der Waals surface area contributed by atoms with Gasteiger partial charge in [-0.2, -0.15) is 0 Å². The second-order valence-electron chi connectivity index (χ2n) is 2.11. The Hall–Kier alpha value is 0.250. The molecule has 2 heteroatoms. The Morgan fingerprint density at radius 1 is 1.62 bits per heavy atom. The maximum Gasteiger partial charge on any atom is 0.0574 e. The van der Waals surface area contributed by atoms with Gasteiger partial charge in [-0.1, -0.05) is 13.8 Å². The van der Waals surface area contributed by atoms with Crippen LogP contribution in [0.2, 0.25) is 0 Å². The average Bonchev–Trinajstić information content (AvgIpc) is 1.84. The first-order valence-electron chi connectivity index (χ1n) is 2.96. The van der Waals surface area contributed by atoms with E-state index in [1.54, 1.807) is 0 Å². The first-order valence-corrected chi connectivity index (χ1v) is 3.49. The van der Waals surface area contributed by atoms with Gasteiger partial charge in [0.1, 0.15) is 0 Å². The summed E-state index contributed by atoms with van der Waals surface area (Å²) in [4.78, 5) is 0. The highest BCUT2D eigenvalue weighted by Crippen LogP contribution is 2.07. The minimum absolute atomic E-state index is 0.215. The number of hydrogen-bond donors (Lipinski definition) is 1. The van der Waals surface area contributed by atoms with Crippen molar-refractivity contribution in [3.05, 3.63) is 0 Å². The van der Waals surface area contributed by atoms with Crippen LogP contribution < -0.4 is 0 Å². The van der Waals surface area contributed by atoms with Crippen molar-refractivity contribution in [1.29, 1.82) is 0 Å². The summed E-state index contributed by atoms with van der Waals surface area (Å²) in [6, 6.07) is 0. The molecular weight excluding hydrogens is 124 g/mol. The zero-order chi connectivity index (χ0) is 6.57. The highest BCUT2D eigenvalue weighted by molar-refractivity contribution is 6.18. The maximum atomic E-state index is 9.04. The molecule has 0 aromatic heterocycles. The van der Waals surface area contributed by atoms with E-state index in [1.807, 2.05) is 13.8 Å². The van der Waals surface area contributed by atoms with Crippen LogP contribution in [-0.4, -0.2) is 17.1 Å². The van der Waals surface area contributed by atoms with Crippen molar-refractivity contribution in [2.75, 3.05) is 5.88 Å². The van der Waals surface area contributed by atoms with Gasteiger partial charge in [-0.15, -0.1) is 11.6 Å². The van der Waals surface area contributed by atoms with Crippen LogP contribution in [0.4, 0.5) is 0 Å². The van der Waals surface area contributed by atoms with E-state index in [-0.39, 0.29) is 12.0 Å². The fourth-order valence-corrected chi connectivity index (χ4v) is 0.711. The Morgan fingerprint density at radius 2 is 2.12 bits per heavy atom. The summed E-state index contributed by atoms with van der Waals surface area (Å²) < 4.78 is 0. The van der Waals surface area contributed by atoms with E-state index in [1.165, 1.54) is 0 Å². The third-order valence-corrected chi connectivity index (χ3v) is 1.81. The monoisotopic (exact) mass is 136 g/mol. The quantitative estimate of drug-likeness (QED) is 0.585. The van der Waals surface area contributed by atoms with Gasteiger partial charge >= 0.3 is 0 Å². The predicted molar refractivity (Wildman–Crippen MR) is 36.2 cm³/mol. The predicted octanol–water partition coefficient (Wildman–Crippen LogP) is 1.63. The van der Waals surface area contributed by atoms with Crippen LogP contribution in [0.5, 0.6) is 0 Å². The zero-order valence-corrected chi connectivity index (χ0v) is 6.15. The molecule has 0 aliphatic carbocycles. The number of aliphatic hydroxyl groups is 1. The summed E-state index contributed by atoms with van der Waals surface area (Å²) in [6.07, 6.45) is 0.584.